The molecule has 28 heavy (non-hydrogen) atoms. The van der Waals surface area contributed by atoms with Crippen molar-refractivity contribution in [2.75, 3.05) is 13.2 Å². The van der Waals surface area contributed by atoms with E-state index >= 15 is 0 Å². The Bertz CT molecular complexity index is 833. The second-order valence-electron chi connectivity index (χ2n) is 6.55. The van der Waals surface area contributed by atoms with Crippen LogP contribution in [0.2, 0.25) is 0 Å². The molecule has 2 rings (SSSR count). The van der Waals surface area contributed by atoms with E-state index < -0.39 is 5.97 Å². The van der Waals surface area contributed by atoms with E-state index in [0.29, 0.717) is 19.1 Å². The van der Waals surface area contributed by atoms with Gasteiger partial charge in [0.05, 0.1) is 13.2 Å². The smallest absolute Gasteiger partial charge is 0.331 e. The fourth-order valence-corrected chi connectivity index (χ4v) is 2.22. The number of carbonyl (C=O) groups is 1. The molecule has 0 aliphatic rings. The average molecular weight is 386 g/mol. The van der Waals surface area contributed by atoms with Gasteiger partial charge in [-0.2, -0.15) is 0 Å². The lowest BCUT2D eigenvalue weighted by atomic mass is 10.1. The van der Waals surface area contributed by atoms with Crippen LogP contribution in [0.5, 0.6) is 11.5 Å². The van der Waals surface area contributed by atoms with Crippen molar-refractivity contribution in [3.05, 3.63) is 64.2 Å². The van der Waals surface area contributed by atoms with Crippen LogP contribution >= 0.6 is 0 Å². The molecule has 0 aliphatic heterocycles. The van der Waals surface area contributed by atoms with Crippen molar-refractivity contribution in [3.63, 3.8) is 0 Å². The molecule has 0 amide bonds. The van der Waals surface area contributed by atoms with Crippen molar-refractivity contribution in [2.24, 2.45) is 5.92 Å². The molecule has 0 saturated heterocycles. The number of hydrogen-bond acceptors (Lipinski definition) is 6. The first kappa shape index (κ1) is 21.3. The van der Waals surface area contributed by atoms with Gasteiger partial charge in [-0.1, -0.05) is 26.0 Å². The highest BCUT2D eigenvalue weighted by Gasteiger charge is 2.07. The lowest BCUT2D eigenvalue weighted by molar-refractivity contribution is -0.139. The van der Waals surface area contributed by atoms with Crippen LogP contribution in [0, 0.1) is 5.92 Å². The van der Waals surface area contributed by atoms with Gasteiger partial charge in [-0.15, -0.1) is 0 Å². The third-order valence-electron chi connectivity index (χ3n) is 3.76. The molecular formula is C22H26O6. The van der Waals surface area contributed by atoms with Crippen molar-refractivity contribution in [2.45, 2.75) is 33.8 Å². The summed E-state index contributed by atoms with van der Waals surface area (Å²) in [6, 6.07) is 8.60. The summed E-state index contributed by atoms with van der Waals surface area (Å²) in [7, 11) is 0. The molecule has 0 spiro atoms. The van der Waals surface area contributed by atoms with Crippen LogP contribution in [0.4, 0.5) is 0 Å². The first-order valence-electron chi connectivity index (χ1n) is 9.30. The molecule has 0 N–H and O–H groups in total. The highest BCUT2D eigenvalue weighted by molar-refractivity contribution is 5.87. The molecule has 2 aromatic rings. The summed E-state index contributed by atoms with van der Waals surface area (Å²) in [5, 5.41) is 0. The van der Waals surface area contributed by atoms with E-state index in [2.05, 4.69) is 13.8 Å². The number of hydrogen-bond donors (Lipinski definition) is 0. The van der Waals surface area contributed by atoms with E-state index in [0.717, 1.165) is 17.7 Å². The minimum absolute atomic E-state index is 0.131. The number of benzene rings is 1. The maximum atomic E-state index is 12.0. The minimum Gasteiger partial charge on any atom is -0.494 e. The van der Waals surface area contributed by atoms with Gasteiger partial charge in [-0.05, 0) is 43.0 Å². The van der Waals surface area contributed by atoms with E-state index in [1.165, 1.54) is 18.4 Å². The first-order valence-corrected chi connectivity index (χ1v) is 9.30. The lowest BCUT2D eigenvalue weighted by Crippen LogP contribution is -2.11. The van der Waals surface area contributed by atoms with Crippen molar-refractivity contribution < 1.29 is 23.4 Å². The number of esters is 1. The third-order valence-corrected chi connectivity index (χ3v) is 3.76. The van der Waals surface area contributed by atoms with Crippen LogP contribution in [0.25, 0.3) is 6.08 Å². The van der Waals surface area contributed by atoms with E-state index in [1.807, 2.05) is 31.2 Å². The maximum absolute atomic E-state index is 12.0. The Labute approximate surface area is 164 Å². The Morgan fingerprint density at radius 1 is 1.18 bits per heavy atom. The molecule has 0 fully saturated rings. The summed E-state index contributed by atoms with van der Waals surface area (Å²) < 4.78 is 21.2. The lowest BCUT2D eigenvalue weighted by Gasteiger charge is -2.07. The molecular weight excluding hydrogens is 360 g/mol. The number of carbonyl (C=O) groups excluding carboxylic acids is 1. The van der Waals surface area contributed by atoms with Crippen LogP contribution in [0.15, 0.2) is 51.9 Å². The van der Waals surface area contributed by atoms with Gasteiger partial charge in [-0.25, -0.2) is 4.79 Å². The zero-order valence-corrected chi connectivity index (χ0v) is 16.5. The predicted octanol–water partition coefficient (Wildman–Crippen LogP) is 4.22. The average Bonchev–Trinajstić information content (AvgIpc) is 2.67. The summed E-state index contributed by atoms with van der Waals surface area (Å²) in [5.41, 5.74) is 0.542. The normalized spacial score (nSPS) is 11.0. The molecule has 0 unspecified atom stereocenters. The molecule has 6 nitrogen and oxygen atoms in total. The molecule has 0 radical (unpaired) electrons. The van der Waals surface area contributed by atoms with Crippen molar-refractivity contribution in [1.29, 1.82) is 0 Å². The second-order valence-corrected chi connectivity index (χ2v) is 6.55. The van der Waals surface area contributed by atoms with Crippen molar-refractivity contribution in [1.82, 2.24) is 0 Å². The summed E-state index contributed by atoms with van der Waals surface area (Å²) in [5.74, 6) is 1.14. The van der Waals surface area contributed by atoms with Crippen molar-refractivity contribution >= 4 is 12.0 Å². The molecule has 1 aromatic carbocycles. The third kappa shape index (κ3) is 7.31. The minimum atomic E-state index is -0.534. The largest absolute Gasteiger partial charge is 0.494 e. The van der Waals surface area contributed by atoms with Crippen molar-refractivity contribution in [3.8, 4) is 11.5 Å². The Morgan fingerprint density at radius 3 is 2.57 bits per heavy atom. The highest BCUT2D eigenvalue weighted by Crippen LogP contribution is 2.13. The van der Waals surface area contributed by atoms with Gasteiger partial charge in [0.2, 0.25) is 11.2 Å². The van der Waals surface area contributed by atoms with Crippen LogP contribution in [-0.2, 0) is 16.1 Å². The Hall–Kier alpha value is -3.02. The Balaban J connectivity index is 1.83. The fraction of sp³-hybridized carbons (Fsp3) is 0.364. The van der Waals surface area contributed by atoms with Gasteiger partial charge in [0.1, 0.15) is 24.4 Å². The molecule has 1 aromatic heterocycles. The summed E-state index contributed by atoms with van der Waals surface area (Å²) in [4.78, 5) is 23.8. The molecule has 0 bridgehead atoms. The SMILES string of the molecule is CCOc1ccc(/C=C/C(=O)OCc2cc(=O)c(OCCC(C)C)co2)cc1. The van der Waals surface area contributed by atoms with E-state index in [1.54, 1.807) is 6.08 Å². The Kier molecular flexibility index (Phi) is 8.34. The van der Waals surface area contributed by atoms with Gasteiger partial charge in [0, 0.05) is 12.1 Å². The van der Waals surface area contributed by atoms with Gasteiger partial charge < -0.3 is 18.6 Å². The molecule has 1 heterocycles. The monoisotopic (exact) mass is 386 g/mol. The van der Waals surface area contributed by atoms with E-state index in [4.69, 9.17) is 18.6 Å². The molecule has 0 aliphatic carbocycles. The second kappa shape index (κ2) is 11.0. The zero-order chi connectivity index (χ0) is 20.4. The van der Waals surface area contributed by atoms with Gasteiger partial charge >= 0.3 is 5.97 Å². The first-order chi connectivity index (χ1) is 13.5. The highest BCUT2D eigenvalue weighted by atomic mass is 16.5. The van der Waals surface area contributed by atoms with Crippen LogP contribution in [0.1, 0.15) is 38.5 Å². The predicted molar refractivity (Wildman–Crippen MR) is 106 cm³/mol. The standard InChI is InChI=1S/C22H26O6/c1-4-25-18-8-5-17(6-9-18)7-10-22(24)28-14-19-13-20(23)21(15-27-19)26-12-11-16(2)3/h5-10,13,15-16H,4,11-12,14H2,1-3H3/b10-7+. The van der Waals surface area contributed by atoms with Gasteiger partial charge in [0.15, 0.2) is 0 Å². The molecule has 0 atom stereocenters. The summed E-state index contributed by atoms with van der Waals surface area (Å²) in [6.45, 7) is 6.99. The maximum Gasteiger partial charge on any atom is 0.331 e. The zero-order valence-electron chi connectivity index (χ0n) is 16.5. The van der Waals surface area contributed by atoms with Crippen LogP contribution in [-0.4, -0.2) is 19.2 Å². The Morgan fingerprint density at radius 2 is 1.93 bits per heavy atom. The summed E-state index contributed by atoms with van der Waals surface area (Å²) >= 11 is 0. The molecule has 6 heteroatoms. The van der Waals surface area contributed by atoms with E-state index in [-0.39, 0.29) is 23.5 Å². The van der Waals surface area contributed by atoms with E-state index in [9.17, 15) is 9.59 Å². The summed E-state index contributed by atoms with van der Waals surface area (Å²) in [6.07, 6.45) is 5.05. The fourth-order valence-electron chi connectivity index (χ4n) is 2.22. The van der Waals surface area contributed by atoms with Crippen LogP contribution < -0.4 is 14.9 Å². The van der Waals surface area contributed by atoms with Gasteiger partial charge in [-0.3, -0.25) is 4.79 Å². The topological polar surface area (TPSA) is 75.0 Å². The molecule has 0 saturated carbocycles. The van der Waals surface area contributed by atoms with Gasteiger partial charge in [0.25, 0.3) is 0 Å². The van der Waals surface area contributed by atoms with Crippen LogP contribution in [0.3, 0.4) is 0 Å². The number of ether oxygens (including phenoxy) is 3. The quantitative estimate of drug-likeness (QED) is 0.450. The number of rotatable bonds is 10. The molecule has 150 valence electrons.